The second kappa shape index (κ2) is 14.6. The minimum absolute atomic E-state index is 0.260. The molecule has 0 unspecified atom stereocenters. The molecule has 2 N–H and O–H groups in total. The summed E-state index contributed by atoms with van der Waals surface area (Å²) < 4.78 is 17.8. The van der Waals surface area contributed by atoms with E-state index in [0.717, 1.165) is 16.0 Å². The van der Waals surface area contributed by atoms with Crippen molar-refractivity contribution in [3.63, 3.8) is 0 Å². The summed E-state index contributed by atoms with van der Waals surface area (Å²) in [7, 11) is 0. The van der Waals surface area contributed by atoms with Gasteiger partial charge < -0.3 is 19.5 Å². The van der Waals surface area contributed by atoms with Gasteiger partial charge >= 0.3 is 6.03 Å². The average molecular weight is 685 g/mol. The van der Waals surface area contributed by atoms with Crippen molar-refractivity contribution in [2.75, 3.05) is 23.4 Å². The van der Waals surface area contributed by atoms with E-state index in [-0.39, 0.29) is 41.9 Å². The molecule has 1 fully saturated rings. The van der Waals surface area contributed by atoms with Gasteiger partial charge in [-0.05, 0) is 95.5 Å². The number of urea groups is 1. The molecule has 11 heteroatoms. The highest BCUT2D eigenvalue weighted by atomic mass is 79.9. The number of aryl methyl sites for hydroxylation is 1. The first-order chi connectivity index (χ1) is 22.2. The molecule has 234 valence electrons. The van der Waals surface area contributed by atoms with Crippen molar-refractivity contribution in [2.24, 2.45) is 0 Å². The predicted octanol–water partition coefficient (Wildman–Crippen LogP) is 6.42. The Morgan fingerprint density at radius 1 is 0.913 bits per heavy atom. The van der Waals surface area contributed by atoms with Gasteiger partial charge in [-0.2, -0.15) is 0 Å². The molecule has 0 bridgehead atoms. The van der Waals surface area contributed by atoms with Crippen molar-refractivity contribution in [1.29, 1.82) is 0 Å². The number of carbonyl (C=O) groups excluding carboxylic acids is 4. The lowest BCUT2D eigenvalue weighted by molar-refractivity contribution is -0.122. The van der Waals surface area contributed by atoms with Crippen LogP contribution in [0.25, 0.3) is 6.08 Å². The van der Waals surface area contributed by atoms with E-state index >= 15 is 0 Å². The largest absolute Gasteiger partial charge is 0.490 e. The third-order valence-electron chi connectivity index (χ3n) is 6.77. The number of anilines is 2. The van der Waals surface area contributed by atoms with Gasteiger partial charge in [0.05, 0.1) is 16.8 Å². The van der Waals surface area contributed by atoms with Gasteiger partial charge in [0, 0.05) is 5.69 Å². The number of barbiturate groups is 1. The summed E-state index contributed by atoms with van der Waals surface area (Å²) in [4.78, 5) is 52.4. The number of hydrogen-bond acceptors (Lipinski definition) is 7. The van der Waals surface area contributed by atoms with Gasteiger partial charge in [0.1, 0.15) is 17.9 Å². The number of nitrogens with zero attached hydrogens (tertiary/aromatic N) is 1. The number of rotatable bonds is 11. The Labute approximate surface area is 274 Å². The van der Waals surface area contributed by atoms with E-state index in [2.05, 4.69) is 26.6 Å². The number of benzene rings is 4. The zero-order valence-corrected chi connectivity index (χ0v) is 26.6. The summed E-state index contributed by atoms with van der Waals surface area (Å²) in [5, 5.41) is 5.00. The minimum Gasteiger partial charge on any atom is -0.490 e. The van der Waals surface area contributed by atoms with Gasteiger partial charge in [-0.25, -0.2) is 9.69 Å². The highest BCUT2D eigenvalue weighted by Crippen LogP contribution is 2.38. The number of nitrogens with one attached hydrogen (secondary N) is 2. The van der Waals surface area contributed by atoms with Gasteiger partial charge in [-0.15, -0.1) is 0 Å². The number of halogens is 1. The number of hydrogen-bond donors (Lipinski definition) is 2. The van der Waals surface area contributed by atoms with E-state index < -0.39 is 17.8 Å². The summed E-state index contributed by atoms with van der Waals surface area (Å²) in [6, 6.07) is 25.8. The van der Waals surface area contributed by atoms with Gasteiger partial charge in [0.25, 0.3) is 17.7 Å². The van der Waals surface area contributed by atoms with Crippen LogP contribution in [0.3, 0.4) is 0 Å². The standard InChI is InChI=1S/C35H30BrN3O7/c1-3-44-30-19-24(18-29(36)32(30)46-21-31(40)37-25-11-9-22(2)10-12-25)17-28-33(41)38-35(43)39(34(28)42)26-13-15-27(16-14-26)45-20-23-7-5-4-6-8-23/h4-19H,3,20-21H2,1-2H3,(H,37,40)(H,38,41,43)/b28-17+. The highest BCUT2D eigenvalue weighted by molar-refractivity contribution is 9.10. The van der Waals surface area contributed by atoms with Crippen LogP contribution in [0.2, 0.25) is 0 Å². The Hall–Kier alpha value is -5.42. The molecule has 0 aliphatic carbocycles. The molecule has 5 rings (SSSR count). The molecule has 10 nitrogen and oxygen atoms in total. The van der Waals surface area contributed by atoms with Crippen LogP contribution >= 0.6 is 15.9 Å². The van der Waals surface area contributed by atoms with E-state index in [4.69, 9.17) is 14.2 Å². The molecule has 0 aromatic heterocycles. The summed E-state index contributed by atoms with van der Waals surface area (Å²) in [5.41, 5.74) is 3.12. The SMILES string of the molecule is CCOc1cc(/C=C2\C(=O)NC(=O)N(c3ccc(OCc4ccccc4)cc3)C2=O)cc(Br)c1OCC(=O)Nc1ccc(C)cc1. The van der Waals surface area contributed by atoms with Crippen molar-refractivity contribution in [3.8, 4) is 17.2 Å². The normalized spacial score (nSPS) is 13.8. The van der Waals surface area contributed by atoms with Crippen LogP contribution in [0, 0.1) is 6.92 Å². The molecular formula is C35H30BrN3O7. The van der Waals surface area contributed by atoms with Crippen molar-refractivity contribution >= 4 is 57.1 Å². The summed E-state index contributed by atoms with van der Waals surface area (Å²) in [6.07, 6.45) is 1.36. The van der Waals surface area contributed by atoms with Crippen LogP contribution in [0.1, 0.15) is 23.6 Å². The second-order valence-corrected chi connectivity index (χ2v) is 11.0. The lowest BCUT2D eigenvalue weighted by Crippen LogP contribution is -2.54. The lowest BCUT2D eigenvalue weighted by atomic mass is 10.1. The molecule has 4 aromatic carbocycles. The van der Waals surface area contributed by atoms with Crippen molar-refractivity contribution in [3.05, 3.63) is 118 Å². The first-order valence-electron chi connectivity index (χ1n) is 14.4. The fraction of sp³-hybridized carbons (Fsp3) is 0.143. The Balaban J connectivity index is 1.32. The molecule has 46 heavy (non-hydrogen) atoms. The van der Waals surface area contributed by atoms with Crippen LogP contribution in [-0.4, -0.2) is 37.0 Å². The van der Waals surface area contributed by atoms with Crippen LogP contribution in [0.15, 0.2) is 101 Å². The van der Waals surface area contributed by atoms with E-state index in [1.807, 2.05) is 49.4 Å². The molecule has 1 aliphatic rings. The zero-order valence-electron chi connectivity index (χ0n) is 25.0. The molecule has 1 aliphatic heterocycles. The summed E-state index contributed by atoms with van der Waals surface area (Å²) in [6.45, 7) is 4.09. The van der Waals surface area contributed by atoms with Crippen LogP contribution in [-0.2, 0) is 21.0 Å². The second-order valence-electron chi connectivity index (χ2n) is 10.2. The minimum atomic E-state index is -0.867. The number of ether oxygens (including phenoxy) is 3. The maximum absolute atomic E-state index is 13.5. The van der Waals surface area contributed by atoms with Gasteiger partial charge in [0.2, 0.25) is 0 Å². The molecular weight excluding hydrogens is 654 g/mol. The first-order valence-corrected chi connectivity index (χ1v) is 15.1. The third-order valence-corrected chi connectivity index (χ3v) is 7.36. The fourth-order valence-corrected chi connectivity index (χ4v) is 5.11. The summed E-state index contributed by atoms with van der Waals surface area (Å²) >= 11 is 3.45. The summed E-state index contributed by atoms with van der Waals surface area (Å²) in [5.74, 6) is -0.893. The van der Waals surface area contributed by atoms with Crippen LogP contribution < -0.4 is 29.7 Å². The molecule has 0 atom stereocenters. The van der Waals surface area contributed by atoms with E-state index in [1.54, 1.807) is 55.5 Å². The molecule has 4 aromatic rings. The molecule has 0 radical (unpaired) electrons. The number of imide groups is 2. The zero-order chi connectivity index (χ0) is 32.6. The number of amides is 5. The molecule has 5 amide bonds. The lowest BCUT2D eigenvalue weighted by Gasteiger charge is -2.26. The van der Waals surface area contributed by atoms with Crippen molar-refractivity contribution in [2.45, 2.75) is 20.5 Å². The van der Waals surface area contributed by atoms with Gasteiger partial charge in [-0.3, -0.25) is 19.7 Å². The smallest absolute Gasteiger partial charge is 0.335 e. The van der Waals surface area contributed by atoms with E-state index in [9.17, 15) is 19.2 Å². The van der Waals surface area contributed by atoms with Crippen LogP contribution in [0.5, 0.6) is 17.2 Å². The molecule has 1 saturated heterocycles. The van der Waals surface area contributed by atoms with E-state index in [0.29, 0.717) is 28.1 Å². The Bertz CT molecular complexity index is 1790. The maximum atomic E-state index is 13.5. The Morgan fingerprint density at radius 3 is 2.33 bits per heavy atom. The quantitative estimate of drug-likeness (QED) is 0.138. The van der Waals surface area contributed by atoms with Gasteiger partial charge in [0.15, 0.2) is 18.1 Å². The Morgan fingerprint density at radius 2 is 1.63 bits per heavy atom. The topological polar surface area (TPSA) is 123 Å². The monoisotopic (exact) mass is 683 g/mol. The molecule has 0 saturated carbocycles. The van der Waals surface area contributed by atoms with Crippen LogP contribution in [0.4, 0.5) is 16.2 Å². The first kappa shape index (κ1) is 32.0. The maximum Gasteiger partial charge on any atom is 0.335 e. The molecule has 1 heterocycles. The van der Waals surface area contributed by atoms with Gasteiger partial charge in [-0.1, -0.05) is 48.0 Å². The fourth-order valence-electron chi connectivity index (χ4n) is 4.54. The highest BCUT2D eigenvalue weighted by Gasteiger charge is 2.37. The van der Waals surface area contributed by atoms with Crippen molar-refractivity contribution in [1.82, 2.24) is 5.32 Å². The van der Waals surface area contributed by atoms with E-state index in [1.165, 1.54) is 6.08 Å². The third kappa shape index (κ3) is 7.80. The Kier molecular flexibility index (Phi) is 10.1. The average Bonchev–Trinajstić information content (AvgIpc) is 3.04. The van der Waals surface area contributed by atoms with Crippen molar-refractivity contribution < 1.29 is 33.4 Å². The number of carbonyl (C=O) groups is 4. The predicted molar refractivity (Wildman–Crippen MR) is 177 cm³/mol. The molecule has 0 spiro atoms.